The van der Waals surface area contributed by atoms with Gasteiger partial charge in [-0.15, -0.1) is 10.2 Å². The van der Waals surface area contributed by atoms with E-state index in [9.17, 15) is 0 Å². The summed E-state index contributed by atoms with van der Waals surface area (Å²) < 4.78 is 1.09. The lowest BCUT2D eigenvalue weighted by molar-refractivity contribution is 0.182. The zero-order valence-electron chi connectivity index (χ0n) is 11.2. The van der Waals surface area contributed by atoms with Gasteiger partial charge in [0.2, 0.25) is 5.13 Å². The molecule has 0 amide bonds. The summed E-state index contributed by atoms with van der Waals surface area (Å²) in [6.07, 6.45) is 5.37. The molecule has 1 saturated heterocycles. The van der Waals surface area contributed by atoms with Gasteiger partial charge < -0.3 is 10.2 Å². The van der Waals surface area contributed by atoms with Crippen LogP contribution in [0.15, 0.2) is 4.34 Å². The molecule has 0 aliphatic carbocycles. The second-order valence-corrected chi connectivity index (χ2v) is 6.99. The van der Waals surface area contributed by atoms with Crippen molar-refractivity contribution >= 4 is 28.2 Å². The van der Waals surface area contributed by atoms with E-state index in [1.165, 1.54) is 32.2 Å². The van der Waals surface area contributed by atoms with E-state index in [0.29, 0.717) is 0 Å². The smallest absolute Gasteiger partial charge is 0.206 e. The highest BCUT2D eigenvalue weighted by Gasteiger charge is 2.18. The number of hydrogen-bond acceptors (Lipinski definition) is 6. The van der Waals surface area contributed by atoms with Crippen LogP contribution in [-0.4, -0.2) is 47.0 Å². The Balaban J connectivity index is 1.70. The second-order valence-electron chi connectivity index (χ2n) is 4.67. The fourth-order valence-corrected chi connectivity index (χ4v) is 4.21. The number of hydrogen-bond donors (Lipinski definition) is 1. The predicted octanol–water partition coefficient (Wildman–Crippen LogP) is 2.94. The molecule has 2 heterocycles. The maximum absolute atomic E-state index is 4.19. The molecule has 0 bridgehead atoms. The van der Waals surface area contributed by atoms with Crippen molar-refractivity contribution in [2.45, 2.75) is 43.0 Å². The Morgan fingerprint density at radius 2 is 2.33 bits per heavy atom. The molecule has 1 atom stereocenters. The van der Waals surface area contributed by atoms with E-state index in [1.807, 2.05) is 11.8 Å². The van der Waals surface area contributed by atoms with Crippen LogP contribution >= 0.6 is 23.1 Å². The number of anilines is 1. The summed E-state index contributed by atoms with van der Waals surface area (Å²) in [6, 6.07) is 0.771. The number of thioether (sulfide) groups is 1. The zero-order valence-corrected chi connectivity index (χ0v) is 12.8. The SMILES string of the molecule is CCNc1nnc(SCC[C@H]2CCCCN2C)s1. The van der Waals surface area contributed by atoms with E-state index < -0.39 is 0 Å². The van der Waals surface area contributed by atoms with E-state index in [2.05, 4.69) is 34.4 Å². The van der Waals surface area contributed by atoms with Gasteiger partial charge in [-0.05, 0) is 39.8 Å². The number of likely N-dealkylation sites (tertiary alicyclic amines) is 1. The molecule has 0 unspecified atom stereocenters. The summed E-state index contributed by atoms with van der Waals surface area (Å²) >= 11 is 3.50. The third-order valence-corrected chi connectivity index (χ3v) is 5.38. The molecule has 0 aromatic carbocycles. The number of piperidine rings is 1. The van der Waals surface area contributed by atoms with Crippen LogP contribution in [0.2, 0.25) is 0 Å². The van der Waals surface area contributed by atoms with Gasteiger partial charge in [0, 0.05) is 18.3 Å². The quantitative estimate of drug-likeness (QED) is 0.814. The fourth-order valence-electron chi connectivity index (χ4n) is 2.28. The van der Waals surface area contributed by atoms with E-state index in [4.69, 9.17) is 0 Å². The van der Waals surface area contributed by atoms with Gasteiger partial charge >= 0.3 is 0 Å². The van der Waals surface area contributed by atoms with Gasteiger partial charge in [0.05, 0.1) is 0 Å². The van der Waals surface area contributed by atoms with Crippen molar-refractivity contribution in [3.63, 3.8) is 0 Å². The Bertz CT molecular complexity index is 356. The minimum Gasteiger partial charge on any atom is -0.360 e. The molecule has 1 fully saturated rings. The Morgan fingerprint density at radius 1 is 1.44 bits per heavy atom. The molecule has 0 spiro atoms. The van der Waals surface area contributed by atoms with Gasteiger partial charge in [0.25, 0.3) is 0 Å². The molecular weight excluding hydrogens is 264 g/mol. The molecule has 4 nitrogen and oxygen atoms in total. The Hall–Kier alpha value is -0.330. The largest absolute Gasteiger partial charge is 0.360 e. The lowest BCUT2D eigenvalue weighted by atomic mass is 10.0. The van der Waals surface area contributed by atoms with Crippen molar-refractivity contribution in [1.29, 1.82) is 0 Å². The number of aromatic nitrogens is 2. The highest BCUT2D eigenvalue weighted by atomic mass is 32.2. The molecule has 1 aliphatic rings. The summed E-state index contributed by atoms with van der Waals surface area (Å²) in [7, 11) is 2.25. The maximum Gasteiger partial charge on any atom is 0.206 e. The number of nitrogens with zero attached hydrogens (tertiary/aromatic N) is 3. The first-order valence-electron chi connectivity index (χ1n) is 6.70. The summed E-state index contributed by atoms with van der Waals surface area (Å²) in [4.78, 5) is 2.51. The lowest BCUT2D eigenvalue weighted by Gasteiger charge is -2.32. The van der Waals surface area contributed by atoms with E-state index in [0.717, 1.165) is 27.8 Å². The summed E-state index contributed by atoms with van der Waals surface area (Å²) in [6.45, 7) is 4.25. The minimum atomic E-state index is 0.771. The molecular formula is C12H22N4S2. The van der Waals surface area contributed by atoms with Crippen LogP contribution < -0.4 is 5.32 Å². The number of nitrogens with one attached hydrogen (secondary N) is 1. The van der Waals surface area contributed by atoms with Crippen molar-refractivity contribution in [3.8, 4) is 0 Å². The van der Waals surface area contributed by atoms with Crippen LogP contribution in [0.1, 0.15) is 32.6 Å². The topological polar surface area (TPSA) is 41.1 Å². The van der Waals surface area contributed by atoms with Crippen molar-refractivity contribution in [2.75, 3.05) is 31.2 Å². The maximum atomic E-state index is 4.19. The molecule has 1 aromatic heterocycles. The molecule has 0 radical (unpaired) electrons. The van der Waals surface area contributed by atoms with E-state index in [1.54, 1.807) is 11.3 Å². The van der Waals surface area contributed by atoms with Gasteiger partial charge in [-0.25, -0.2) is 0 Å². The van der Waals surface area contributed by atoms with Crippen molar-refractivity contribution in [2.24, 2.45) is 0 Å². The van der Waals surface area contributed by atoms with E-state index in [-0.39, 0.29) is 0 Å². The molecule has 18 heavy (non-hydrogen) atoms. The first-order chi connectivity index (χ1) is 8.79. The molecule has 6 heteroatoms. The van der Waals surface area contributed by atoms with E-state index >= 15 is 0 Å². The summed E-state index contributed by atoms with van der Waals surface area (Å²) in [5, 5.41) is 12.4. The van der Waals surface area contributed by atoms with Gasteiger partial charge in [-0.1, -0.05) is 29.5 Å². The second kappa shape index (κ2) is 7.31. The standard InChI is InChI=1S/C12H22N4S2/c1-3-13-11-14-15-12(18-11)17-9-7-10-6-4-5-8-16(10)2/h10H,3-9H2,1-2H3,(H,13,14)/t10-/m1/s1. The first kappa shape index (κ1) is 14.1. The predicted molar refractivity (Wildman–Crippen MR) is 79.7 cm³/mol. The van der Waals surface area contributed by atoms with Crippen molar-refractivity contribution in [3.05, 3.63) is 0 Å². The number of rotatable bonds is 6. The van der Waals surface area contributed by atoms with Gasteiger partial charge in [-0.2, -0.15) is 0 Å². The normalized spacial score (nSPS) is 21.1. The summed E-state index contributed by atoms with van der Waals surface area (Å²) in [5.41, 5.74) is 0. The van der Waals surface area contributed by atoms with Crippen LogP contribution in [0.5, 0.6) is 0 Å². The highest BCUT2D eigenvalue weighted by Crippen LogP contribution is 2.27. The molecule has 1 aromatic rings. The van der Waals surface area contributed by atoms with Crippen molar-refractivity contribution in [1.82, 2.24) is 15.1 Å². The zero-order chi connectivity index (χ0) is 12.8. The van der Waals surface area contributed by atoms with Gasteiger partial charge in [0.15, 0.2) is 4.34 Å². The van der Waals surface area contributed by atoms with Gasteiger partial charge in [0.1, 0.15) is 0 Å². The highest BCUT2D eigenvalue weighted by molar-refractivity contribution is 8.01. The summed E-state index contributed by atoms with van der Waals surface area (Å²) in [5.74, 6) is 1.15. The molecule has 0 saturated carbocycles. The first-order valence-corrected chi connectivity index (χ1v) is 8.50. The van der Waals surface area contributed by atoms with Crippen molar-refractivity contribution < 1.29 is 0 Å². The molecule has 1 N–H and O–H groups in total. The molecule has 2 rings (SSSR count). The van der Waals surface area contributed by atoms with Gasteiger partial charge in [-0.3, -0.25) is 0 Å². The average molecular weight is 286 g/mol. The minimum absolute atomic E-state index is 0.771. The Kier molecular flexibility index (Phi) is 5.72. The molecule has 1 aliphatic heterocycles. The third kappa shape index (κ3) is 4.10. The van der Waals surface area contributed by atoms with Crippen LogP contribution in [0.4, 0.5) is 5.13 Å². The Labute approximate surface area is 118 Å². The van der Waals surface area contributed by atoms with Crippen LogP contribution in [-0.2, 0) is 0 Å². The Morgan fingerprint density at radius 3 is 3.11 bits per heavy atom. The average Bonchev–Trinajstić information content (AvgIpc) is 2.80. The molecule has 102 valence electrons. The fraction of sp³-hybridized carbons (Fsp3) is 0.833. The van der Waals surface area contributed by atoms with Crippen LogP contribution in [0, 0.1) is 0 Å². The monoisotopic (exact) mass is 286 g/mol. The lowest BCUT2D eigenvalue weighted by Crippen LogP contribution is -2.36. The third-order valence-electron chi connectivity index (χ3n) is 3.33. The van der Waals surface area contributed by atoms with Crippen LogP contribution in [0.3, 0.4) is 0 Å². The van der Waals surface area contributed by atoms with Crippen LogP contribution in [0.25, 0.3) is 0 Å².